The quantitative estimate of drug-likeness (QED) is 0.847. The lowest BCUT2D eigenvalue weighted by atomic mass is 10.2. The van der Waals surface area contributed by atoms with Crippen molar-refractivity contribution < 1.29 is 4.79 Å². The van der Waals surface area contributed by atoms with E-state index in [9.17, 15) is 4.79 Å². The molecule has 1 aromatic rings. The van der Waals surface area contributed by atoms with Gasteiger partial charge in [-0.2, -0.15) is 0 Å². The van der Waals surface area contributed by atoms with Crippen LogP contribution in [0.2, 0.25) is 0 Å². The number of carbonyl (C=O) groups excluding carboxylic acids is 1. The number of para-hydroxylation sites is 2. The fourth-order valence-corrected chi connectivity index (χ4v) is 1.88. The van der Waals surface area contributed by atoms with Gasteiger partial charge in [-0.3, -0.25) is 4.79 Å². The number of nitrogens with zero attached hydrogens (tertiary/aromatic N) is 1. The molecule has 114 valence electrons. The molecule has 6 heteroatoms. The minimum atomic E-state index is 0. The molecule has 1 aliphatic carbocycles. The van der Waals surface area contributed by atoms with E-state index >= 15 is 0 Å². The lowest BCUT2D eigenvalue weighted by molar-refractivity contribution is -0.115. The van der Waals surface area contributed by atoms with E-state index in [1.807, 2.05) is 43.3 Å². The van der Waals surface area contributed by atoms with Crippen LogP contribution in [-0.4, -0.2) is 33.1 Å². The molecule has 0 aliphatic heterocycles. The Morgan fingerprint density at radius 1 is 1.25 bits per heavy atom. The monoisotopic (exact) mass is 319 g/mol. The van der Waals surface area contributed by atoms with Crippen molar-refractivity contribution in [2.75, 3.05) is 37.4 Å². The van der Waals surface area contributed by atoms with E-state index in [1.165, 1.54) is 12.8 Å². The van der Waals surface area contributed by atoms with Gasteiger partial charge in [0.15, 0.2) is 0 Å². The molecule has 0 aromatic heterocycles. The van der Waals surface area contributed by atoms with Crippen molar-refractivity contribution in [1.29, 1.82) is 0 Å². The number of carbonyl (C=O) groups is 1. The highest BCUT2D eigenvalue weighted by Crippen LogP contribution is 2.27. The Kier molecular flexibility index (Phi) is 8.62. The van der Waals surface area contributed by atoms with Crippen molar-refractivity contribution in [3.05, 3.63) is 24.3 Å². The van der Waals surface area contributed by atoms with E-state index in [-0.39, 0.29) is 30.7 Å². The molecule has 0 bridgehead atoms. The molecule has 1 amide bonds. The number of anilines is 2. The largest absolute Gasteiger partial charge is 0.376 e. The van der Waals surface area contributed by atoms with Crippen molar-refractivity contribution in [2.24, 2.45) is 5.92 Å². The third-order valence-electron chi connectivity index (χ3n) is 3.08. The van der Waals surface area contributed by atoms with Crippen LogP contribution in [0.25, 0.3) is 0 Å². The zero-order valence-corrected chi connectivity index (χ0v) is 13.5. The lowest BCUT2D eigenvalue weighted by Gasteiger charge is -2.17. The Labute approximate surface area is 133 Å². The average Bonchev–Trinajstić information content (AvgIpc) is 3.13. The van der Waals surface area contributed by atoms with Gasteiger partial charge in [-0.25, -0.2) is 0 Å². The molecule has 20 heavy (non-hydrogen) atoms. The van der Waals surface area contributed by atoms with Crippen LogP contribution in [0.3, 0.4) is 0 Å². The minimum absolute atomic E-state index is 0. The minimum Gasteiger partial charge on any atom is -0.376 e. The summed E-state index contributed by atoms with van der Waals surface area (Å²) in [6.07, 6.45) is 2.61. The third-order valence-corrected chi connectivity index (χ3v) is 3.08. The van der Waals surface area contributed by atoms with E-state index in [4.69, 9.17) is 0 Å². The second-order valence-corrected chi connectivity index (χ2v) is 5.03. The van der Waals surface area contributed by atoms with Crippen LogP contribution in [0.1, 0.15) is 12.8 Å². The smallest absolute Gasteiger partial charge is 0.238 e. The molecule has 0 saturated heterocycles. The molecule has 0 atom stereocenters. The summed E-state index contributed by atoms with van der Waals surface area (Å²) in [4.78, 5) is 13.8. The first kappa shape index (κ1) is 19.0. The summed E-state index contributed by atoms with van der Waals surface area (Å²) in [5.41, 5.74) is 1.88. The highest BCUT2D eigenvalue weighted by molar-refractivity contribution is 5.95. The Balaban J connectivity index is 0.00000180. The van der Waals surface area contributed by atoms with Crippen LogP contribution < -0.4 is 15.5 Å². The van der Waals surface area contributed by atoms with Crippen molar-refractivity contribution in [2.45, 2.75) is 12.8 Å². The molecule has 0 heterocycles. The van der Waals surface area contributed by atoms with Crippen LogP contribution in [0.4, 0.5) is 11.4 Å². The van der Waals surface area contributed by atoms with Gasteiger partial charge in [-0.05, 0) is 37.4 Å². The number of hydrogen-bond donors (Lipinski definition) is 2. The molecule has 1 aliphatic rings. The summed E-state index contributed by atoms with van der Waals surface area (Å²) < 4.78 is 0. The lowest BCUT2D eigenvalue weighted by Crippen LogP contribution is -2.30. The predicted octanol–water partition coefficient (Wildman–Crippen LogP) is 2.53. The molecule has 0 radical (unpaired) electrons. The molecule has 0 spiro atoms. The van der Waals surface area contributed by atoms with Crippen LogP contribution in [0.15, 0.2) is 24.3 Å². The summed E-state index contributed by atoms with van der Waals surface area (Å²) in [6, 6.07) is 7.82. The van der Waals surface area contributed by atoms with Gasteiger partial charge in [0.2, 0.25) is 5.91 Å². The van der Waals surface area contributed by atoms with E-state index in [0.717, 1.165) is 23.8 Å². The number of hydrogen-bond acceptors (Lipinski definition) is 3. The number of nitrogens with one attached hydrogen (secondary N) is 2. The Morgan fingerprint density at radius 2 is 1.90 bits per heavy atom. The standard InChI is InChI=1S/C14H21N3O.2ClH/c1-17(2)13-6-4-3-5-12(13)16-14(18)10-15-9-11-7-8-11;;/h3-6,11,15H,7-10H2,1-2H3,(H,16,18);2*1H. The van der Waals surface area contributed by atoms with Crippen LogP contribution >= 0.6 is 24.8 Å². The van der Waals surface area contributed by atoms with E-state index in [2.05, 4.69) is 10.6 Å². The van der Waals surface area contributed by atoms with Gasteiger partial charge in [0, 0.05) is 14.1 Å². The van der Waals surface area contributed by atoms with Crippen molar-refractivity contribution in [1.82, 2.24) is 5.32 Å². The molecule has 4 nitrogen and oxygen atoms in total. The molecule has 1 saturated carbocycles. The zero-order chi connectivity index (χ0) is 13.0. The normalized spacial score (nSPS) is 12.9. The zero-order valence-electron chi connectivity index (χ0n) is 11.9. The maximum atomic E-state index is 11.8. The molecular weight excluding hydrogens is 297 g/mol. The molecule has 0 unspecified atom stereocenters. The highest BCUT2D eigenvalue weighted by Gasteiger charge is 2.20. The number of benzene rings is 1. The summed E-state index contributed by atoms with van der Waals surface area (Å²) in [6.45, 7) is 1.35. The average molecular weight is 320 g/mol. The topological polar surface area (TPSA) is 44.4 Å². The third kappa shape index (κ3) is 5.99. The van der Waals surface area contributed by atoms with Crippen molar-refractivity contribution in [3.8, 4) is 0 Å². The highest BCUT2D eigenvalue weighted by atomic mass is 35.5. The van der Waals surface area contributed by atoms with E-state index in [1.54, 1.807) is 0 Å². The van der Waals surface area contributed by atoms with Gasteiger partial charge < -0.3 is 15.5 Å². The predicted molar refractivity (Wildman–Crippen MR) is 89.5 cm³/mol. The van der Waals surface area contributed by atoms with Gasteiger partial charge in [-0.15, -0.1) is 24.8 Å². The summed E-state index contributed by atoms with van der Waals surface area (Å²) >= 11 is 0. The number of amides is 1. The molecule has 2 N–H and O–H groups in total. The van der Waals surface area contributed by atoms with Crippen LogP contribution in [0.5, 0.6) is 0 Å². The SMILES string of the molecule is CN(C)c1ccccc1NC(=O)CNCC1CC1.Cl.Cl. The first-order valence-corrected chi connectivity index (χ1v) is 6.43. The maximum Gasteiger partial charge on any atom is 0.238 e. The summed E-state index contributed by atoms with van der Waals surface area (Å²) in [5, 5.41) is 6.13. The second kappa shape index (κ2) is 9.06. The molecular formula is C14H23Cl2N3O. The van der Waals surface area contributed by atoms with Gasteiger partial charge in [0.05, 0.1) is 17.9 Å². The fourth-order valence-electron chi connectivity index (χ4n) is 1.88. The molecule has 1 fully saturated rings. The van der Waals surface area contributed by atoms with Crippen LogP contribution in [-0.2, 0) is 4.79 Å². The molecule has 1 aromatic carbocycles. The van der Waals surface area contributed by atoms with Gasteiger partial charge in [0.25, 0.3) is 0 Å². The summed E-state index contributed by atoms with van der Waals surface area (Å²) in [5.74, 6) is 0.816. The molecule has 2 rings (SSSR count). The second-order valence-electron chi connectivity index (χ2n) is 5.03. The Hall–Kier alpha value is -0.970. The summed E-state index contributed by atoms with van der Waals surface area (Å²) in [7, 11) is 3.94. The first-order valence-electron chi connectivity index (χ1n) is 6.43. The van der Waals surface area contributed by atoms with Crippen molar-refractivity contribution in [3.63, 3.8) is 0 Å². The maximum absolute atomic E-state index is 11.8. The van der Waals surface area contributed by atoms with E-state index in [0.29, 0.717) is 6.54 Å². The number of halogens is 2. The first-order chi connectivity index (χ1) is 8.66. The Bertz CT molecular complexity index is 423. The van der Waals surface area contributed by atoms with Gasteiger partial charge in [-0.1, -0.05) is 12.1 Å². The van der Waals surface area contributed by atoms with Crippen LogP contribution in [0, 0.1) is 5.92 Å². The van der Waals surface area contributed by atoms with E-state index < -0.39 is 0 Å². The van der Waals surface area contributed by atoms with Crippen molar-refractivity contribution >= 4 is 42.1 Å². The number of rotatable bonds is 6. The Morgan fingerprint density at radius 3 is 2.50 bits per heavy atom. The fraction of sp³-hybridized carbons (Fsp3) is 0.500. The van der Waals surface area contributed by atoms with Gasteiger partial charge >= 0.3 is 0 Å². The van der Waals surface area contributed by atoms with Gasteiger partial charge in [0.1, 0.15) is 0 Å².